The second-order valence-corrected chi connectivity index (χ2v) is 8.13. The number of benzene rings is 2. The first-order valence-electron chi connectivity index (χ1n) is 9.97. The van der Waals surface area contributed by atoms with Gasteiger partial charge in [-0.05, 0) is 79.3 Å². The lowest BCUT2D eigenvalue weighted by molar-refractivity contribution is -0.115. The van der Waals surface area contributed by atoms with Gasteiger partial charge in [0, 0.05) is 27.4 Å². The van der Waals surface area contributed by atoms with E-state index in [4.69, 9.17) is 44.6 Å². The molecule has 0 fully saturated rings. The van der Waals surface area contributed by atoms with Crippen LogP contribution in [0.5, 0.6) is 0 Å². The Labute approximate surface area is 206 Å². The third kappa shape index (κ3) is 7.46. The lowest BCUT2D eigenvalue weighted by atomic mass is 10.2. The number of ether oxygens (including phenoxy) is 1. The minimum absolute atomic E-state index is 0.111. The fourth-order valence-corrected chi connectivity index (χ4v) is 3.48. The molecule has 3 rings (SSSR count). The number of anilines is 1. The molecule has 0 aliphatic carbocycles. The van der Waals surface area contributed by atoms with E-state index in [2.05, 4.69) is 10.6 Å². The van der Waals surface area contributed by atoms with E-state index < -0.39 is 5.91 Å². The van der Waals surface area contributed by atoms with Gasteiger partial charge < -0.3 is 14.5 Å². The van der Waals surface area contributed by atoms with Gasteiger partial charge in [-0.25, -0.2) is 4.79 Å². The van der Waals surface area contributed by atoms with Crippen molar-refractivity contribution in [2.24, 2.45) is 0 Å². The van der Waals surface area contributed by atoms with Crippen LogP contribution in [0.1, 0.15) is 29.5 Å². The highest BCUT2D eigenvalue weighted by Crippen LogP contribution is 2.28. The van der Waals surface area contributed by atoms with Crippen molar-refractivity contribution >= 4 is 64.2 Å². The summed E-state index contributed by atoms with van der Waals surface area (Å²) in [5.41, 5.74) is 1.78. The fraction of sp³-hybridized carbons (Fsp3) is 0.125. The van der Waals surface area contributed by atoms with Gasteiger partial charge >= 0.3 is 5.97 Å². The molecule has 0 atom stereocenters. The highest BCUT2D eigenvalue weighted by Gasteiger charge is 2.08. The van der Waals surface area contributed by atoms with Crippen molar-refractivity contribution in [3.8, 4) is 11.3 Å². The van der Waals surface area contributed by atoms with Crippen LogP contribution in [0.2, 0.25) is 10.0 Å². The van der Waals surface area contributed by atoms with Crippen LogP contribution in [-0.2, 0) is 9.53 Å². The Bertz CT molecular complexity index is 1170. The van der Waals surface area contributed by atoms with E-state index in [9.17, 15) is 9.59 Å². The van der Waals surface area contributed by atoms with Crippen LogP contribution in [0.15, 0.2) is 65.1 Å². The fourth-order valence-electron chi connectivity index (χ4n) is 2.74. The van der Waals surface area contributed by atoms with Crippen LogP contribution in [0.25, 0.3) is 17.4 Å². The molecular formula is C24H20Cl2N2O4S. The van der Waals surface area contributed by atoms with Crippen molar-refractivity contribution in [1.82, 2.24) is 5.32 Å². The van der Waals surface area contributed by atoms with Gasteiger partial charge in [-0.15, -0.1) is 0 Å². The van der Waals surface area contributed by atoms with E-state index in [1.165, 1.54) is 12.2 Å². The smallest absolute Gasteiger partial charge is 0.338 e. The van der Waals surface area contributed by atoms with Crippen molar-refractivity contribution in [3.63, 3.8) is 0 Å². The number of halogens is 2. The topological polar surface area (TPSA) is 80.6 Å². The largest absolute Gasteiger partial charge is 0.462 e. The van der Waals surface area contributed by atoms with Gasteiger partial charge in [0.1, 0.15) is 11.5 Å². The lowest BCUT2D eigenvalue weighted by Gasteiger charge is -2.09. The molecular weight excluding hydrogens is 483 g/mol. The molecule has 1 aromatic heterocycles. The van der Waals surface area contributed by atoms with Crippen molar-refractivity contribution in [2.45, 2.75) is 13.3 Å². The van der Waals surface area contributed by atoms with E-state index in [1.54, 1.807) is 54.6 Å². The summed E-state index contributed by atoms with van der Waals surface area (Å²) in [6.07, 6.45) is 3.57. The average Bonchev–Trinajstić information content (AvgIpc) is 3.25. The first kappa shape index (κ1) is 24.5. The average molecular weight is 503 g/mol. The monoisotopic (exact) mass is 502 g/mol. The van der Waals surface area contributed by atoms with Crippen LogP contribution >= 0.6 is 35.4 Å². The molecule has 6 nitrogen and oxygen atoms in total. The Morgan fingerprint density at radius 3 is 2.42 bits per heavy atom. The van der Waals surface area contributed by atoms with E-state index in [1.807, 2.05) is 6.92 Å². The maximum atomic E-state index is 12.2. The normalized spacial score (nSPS) is 10.8. The number of furan rings is 1. The molecule has 2 N–H and O–H groups in total. The summed E-state index contributed by atoms with van der Waals surface area (Å²) < 4.78 is 10.8. The zero-order chi connectivity index (χ0) is 23.8. The van der Waals surface area contributed by atoms with Gasteiger partial charge in [0.15, 0.2) is 5.11 Å². The third-order valence-electron chi connectivity index (χ3n) is 4.23. The van der Waals surface area contributed by atoms with E-state index in [0.29, 0.717) is 39.4 Å². The van der Waals surface area contributed by atoms with Gasteiger partial charge in [-0.3, -0.25) is 10.1 Å². The summed E-state index contributed by atoms with van der Waals surface area (Å²) >= 11 is 17.2. The van der Waals surface area contributed by atoms with Crippen LogP contribution < -0.4 is 10.6 Å². The molecule has 0 saturated heterocycles. The standard InChI is InChI=1S/C24H20Cl2N2O4S/c1-2-11-31-23(30)15-3-5-19(6-4-15)27-24(33)28-22(29)10-8-20-7-9-21(32-20)16-12-17(25)14-18(26)13-16/h3-10,12-14H,2,11H2,1H3,(H2,27,28,29,33)/b10-8+. The number of carbonyl (C=O) groups excluding carboxylic acids is 2. The molecule has 0 spiro atoms. The molecule has 0 bridgehead atoms. The number of esters is 1. The summed E-state index contributed by atoms with van der Waals surface area (Å²) in [6, 6.07) is 15.2. The molecule has 0 unspecified atom stereocenters. The Balaban J connectivity index is 1.53. The molecule has 1 amide bonds. The number of thiocarbonyl (C=S) groups is 1. The molecule has 0 aliphatic rings. The maximum absolute atomic E-state index is 12.2. The SMILES string of the molecule is CCCOC(=O)c1ccc(NC(=S)NC(=O)/C=C/c2ccc(-c3cc(Cl)cc(Cl)c3)o2)cc1. The Hall–Kier alpha value is -3.13. The predicted molar refractivity (Wildman–Crippen MR) is 135 cm³/mol. The van der Waals surface area contributed by atoms with E-state index in [-0.39, 0.29) is 11.1 Å². The Kier molecular flexibility index (Phi) is 8.65. The van der Waals surface area contributed by atoms with Crippen molar-refractivity contribution in [2.75, 3.05) is 11.9 Å². The Morgan fingerprint density at radius 1 is 1.06 bits per heavy atom. The molecule has 170 valence electrons. The minimum Gasteiger partial charge on any atom is -0.462 e. The van der Waals surface area contributed by atoms with Gasteiger partial charge in [-0.1, -0.05) is 30.1 Å². The third-order valence-corrected chi connectivity index (χ3v) is 4.87. The van der Waals surface area contributed by atoms with Crippen molar-refractivity contribution in [1.29, 1.82) is 0 Å². The molecule has 1 heterocycles. The second-order valence-electron chi connectivity index (χ2n) is 6.85. The first-order valence-corrected chi connectivity index (χ1v) is 11.1. The molecule has 3 aromatic rings. The molecule has 0 aliphatic heterocycles. The lowest BCUT2D eigenvalue weighted by Crippen LogP contribution is -2.32. The van der Waals surface area contributed by atoms with Crippen LogP contribution in [0, 0.1) is 0 Å². The van der Waals surface area contributed by atoms with Gasteiger partial charge in [0.2, 0.25) is 5.91 Å². The van der Waals surface area contributed by atoms with Gasteiger partial charge in [0.25, 0.3) is 0 Å². The van der Waals surface area contributed by atoms with E-state index >= 15 is 0 Å². The number of carbonyl (C=O) groups is 2. The zero-order valence-electron chi connectivity index (χ0n) is 17.6. The summed E-state index contributed by atoms with van der Waals surface area (Å²) in [7, 11) is 0. The highest BCUT2D eigenvalue weighted by atomic mass is 35.5. The number of amides is 1. The summed E-state index contributed by atoms with van der Waals surface area (Å²) in [6.45, 7) is 2.30. The Morgan fingerprint density at radius 2 is 1.76 bits per heavy atom. The quantitative estimate of drug-likeness (QED) is 0.222. The number of nitrogens with one attached hydrogen (secondary N) is 2. The number of hydrogen-bond donors (Lipinski definition) is 2. The van der Waals surface area contributed by atoms with Crippen LogP contribution in [0.4, 0.5) is 5.69 Å². The first-order chi connectivity index (χ1) is 15.8. The molecule has 0 radical (unpaired) electrons. The van der Waals surface area contributed by atoms with Crippen LogP contribution in [-0.4, -0.2) is 23.6 Å². The second kappa shape index (κ2) is 11.7. The predicted octanol–water partition coefficient (Wildman–Crippen LogP) is 6.35. The van der Waals surface area contributed by atoms with E-state index in [0.717, 1.165) is 12.0 Å². The zero-order valence-corrected chi connectivity index (χ0v) is 19.9. The van der Waals surface area contributed by atoms with Crippen molar-refractivity contribution < 1.29 is 18.7 Å². The minimum atomic E-state index is -0.434. The highest BCUT2D eigenvalue weighted by molar-refractivity contribution is 7.80. The molecule has 0 saturated carbocycles. The maximum Gasteiger partial charge on any atom is 0.338 e. The number of hydrogen-bond acceptors (Lipinski definition) is 5. The molecule has 2 aromatic carbocycles. The summed E-state index contributed by atoms with van der Waals surface area (Å²) in [4.78, 5) is 24.0. The summed E-state index contributed by atoms with van der Waals surface area (Å²) in [5, 5.41) is 6.53. The van der Waals surface area contributed by atoms with Gasteiger partial charge in [0.05, 0.1) is 12.2 Å². The molecule has 33 heavy (non-hydrogen) atoms. The van der Waals surface area contributed by atoms with Crippen LogP contribution in [0.3, 0.4) is 0 Å². The number of rotatable bonds is 7. The van der Waals surface area contributed by atoms with Gasteiger partial charge in [-0.2, -0.15) is 0 Å². The molecule has 9 heteroatoms. The van der Waals surface area contributed by atoms with Crippen molar-refractivity contribution in [3.05, 3.63) is 82.0 Å². The summed E-state index contributed by atoms with van der Waals surface area (Å²) in [5.74, 6) is 0.222.